The van der Waals surface area contributed by atoms with E-state index in [4.69, 9.17) is 4.74 Å². The Labute approximate surface area is 101 Å². The highest BCUT2D eigenvalue weighted by molar-refractivity contribution is 5.93. The van der Waals surface area contributed by atoms with Crippen molar-refractivity contribution < 1.29 is 9.53 Å². The number of carbonyl (C=O) groups excluding carboxylic acids is 1. The number of carbonyl (C=O) groups is 1. The van der Waals surface area contributed by atoms with Gasteiger partial charge in [-0.2, -0.15) is 0 Å². The predicted octanol–water partition coefficient (Wildman–Crippen LogP) is 2.96. The number of ether oxygens (including phenoxy) is 1. The second kappa shape index (κ2) is 4.97. The molecular weight excluding hydrogens is 214 g/mol. The van der Waals surface area contributed by atoms with Crippen molar-refractivity contribution in [2.75, 3.05) is 7.11 Å². The summed E-state index contributed by atoms with van der Waals surface area (Å²) < 4.78 is 7.04. The van der Waals surface area contributed by atoms with Gasteiger partial charge in [-0.05, 0) is 17.7 Å². The van der Waals surface area contributed by atoms with Crippen molar-refractivity contribution in [2.24, 2.45) is 0 Å². The van der Waals surface area contributed by atoms with Crippen molar-refractivity contribution in [1.82, 2.24) is 4.57 Å². The molecule has 0 bridgehead atoms. The summed E-state index contributed by atoms with van der Waals surface area (Å²) in [5, 5.41) is 0. The van der Waals surface area contributed by atoms with Crippen LogP contribution >= 0.6 is 0 Å². The number of rotatable bonds is 4. The second-order valence-corrected chi connectivity index (χ2v) is 3.87. The molecule has 3 heteroatoms. The van der Waals surface area contributed by atoms with Crippen molar-refractivity contribution in [3.05, 3.63) is 48.2 Å². The summed E-state index contributed by atoms with van der Waals surface area (Å²) in [7, 11) is 1.62. The molecule has 17 heavy (non-hydrogen) atoms. The molecule has 0 aliphatic heterocycles. The van der Waals surface area contributed by atoms with Crippen LogP contribution in [-0.2, 0) is 11.5 Å². The molecule has 0 amide bonds. The average Bonchev–Trinajstić information content (AvgIpc) is 2.75. The molecule has 1 aromatic carbocycles. The van der Waals surface area contributed by atoms with Gasteiger partial charge in [-0.25, -0.2) is 0 Å². The molecule has 3 nitrogen and oxygen atoms in total. The quantitative estimate of drug-likeness (QED) is 0.755. The lowest BCUT2D eigenvalue weighted by atomic mass is 10.1. The summed E-state index contributed by atoms with van der Waals surface area (Å²) in [6.45, 7) is 1.95. The molecule has 1 aromatic heterocycles. The Morgan fingerprint density at radius 1 is 1.18 bits per heavy atom. The number of hydrogen-bond acceptors (Lipinski definition) is 2. The third kappa shape index (κ3) is 2.29. The van der Waals surface area contributed by atoms with E-state index in [9.17, 15) is 4.79 Å². The summed E-state index contributed by atoms with van der Waals surface area (Å²) in [4.78, 5) is 11.5. The van der Waals surface area contributed by atoms with E-state index in [1.165, 1.54) is 0 Å². The first-order valence-corrected chi connectivity index (χ1v) is 5.49. The Morgan fingerprint density at radius 2 is 1.88 bits per heavy atom. The van der Waals surface area contributed by atoms with Crippen LogP contribution < -0.4 is 0 Å². The normalized spacial score (nSPS) is 10.5. The first-order chi connectivity index (χ1) is 8.24. The predicted molar refractivity (Wildman–Crippen MR) is 66.9 cm³/mol. The molecule has 0 N–H and O–H groups in total. The van der Waals surface area contributed by atoms with E-state index < -0.39 is 0 Å². The van der Waals surface area contributed by atoms with Crippen molar-refractivity contribution in [2.45, 2.75) is 13.7 Å². The van der Waals surface area contributed by atoms with Gasteiger partial charge in [0.2, 0.25) is 0 Å². The van der Waals surface area contributed by atoms with Crippen LogP contribution in [0.5, 0.6) is 0 Å². The molecule has 88 valence electrons. The fourth-order valence-electron chi connectivity index (χ4n) is 1.90. The zero-order chi connectivity index (χ0) is 12.3. The van der Waals surface area contributed by atoms with Crippen LogP contribution in [0.3, 0.4) is 0 Å². The number of aromatic nitrogens is 1. The van der Waals surface area contributed by atoms with Crippen LogP contribution in [0.15, 0.2) is 42.5 Å². The smallest absolute Gasteiger partial charge is 0.176 e. The van der Waals surface area contributed by atoms with Crippen LogP contribution in [0, 0.1) is 0 Å². The van der Waals surface area contributed by atoms with E-state index in [2.05, 4.69) is 0 Å². The van der Waals surface area contributed by atoms with Gasteiger partial charge in [0.1, 0.15) is 6.73 Å². The standard InChI is InChI=1S/C14H15NO2/c1-11(16)13-8-9-14(15(13)10-17-2)12-6-4-3-5-7-12/h3-9H,10H2,1-2H3. The molecule has 1 heterocycles. The Balaban J connectivity index is 2.51. The van der Waals surface area contributed by atoms with Crippen LogP contribution in [-0.4, -0.2) is 17.5 Å². The summed E-state index contributed by atoms with van der Waals surface area (Å²) >= 11 is 0. The third-order valence-electron chi connectivity index (χ3n) is 2.67. The largest absolute Gasteiger partial charge is 0.364 e. The molecular formula is C14H15NO2. The number of ketones is 1. The van der Waals surface area contributed by atoms with Crippen molar-refractivity contribution in [3.8, 4) is 11.3 Å². The van der Waals surface area contributed by atoms with E-state index in [0.29, 0.717) is 12.4 Å². The van der Waals surface area contributed by atoms with Gasteiger partial charge < -0.3 is 9.30 Å². The van der Waals surface area contributed by atoms with Gasteiger partial charge >= 0.3 is 0 Å². The monoisotopic (exact) mass is 229 g/mol. The summed E-state index contributed by atoms with van der Waals surface area (Å²) in [6.07, 6.45) is 0. The molecule has 0 spiro atoms. The zero-order valence-electron chi connectivity index (χ0n) is 10.0. The van der Waals surface area contributed by atoms with Gasteiger partial charge in [0.15, 0.2) is 5.78 Å². The minimum Gasteiger partial charge on any atom is -0.364 e. The molecule has 0 atom stereocenters. The fraction of sp³-hybridized carbons (Fsp3) is 0.214. The highest BCUT2D eigenvalue weighted by Gasteiger charge is 2.12. The molecule has 2 rings (SSSR count). The molecule has 0 saturated carbocycles. The van der Waals surface area contributed by atoms with Crippen LogP contribution in [0.2, 0.25) is 0 Å². The highest BCUT2D eigenvalue weighted by Crippen LogP contribution is 2.22. The minimum atomic E-state index is 0.0456. The number of hydrogen-bond donors (Lipinski definition) is 0. The van der Waals surface area contributed by atoms with E-state index in [1.807, 2.05) is 47.0 Å². The van der Waals surface area contributed by atoms with E-state index in [0.717, 1.165) is 11.3 Å². The maximum Gasteiger partial charge on any atom is 0.176 e. The van der Waals surface area contributed by atoms with Gasteiger partial charge in [0.05, 0.1) is 11.4 Å². The summed E-state index contributed by atoms with van der Waals surface area (Å²) in [5.74, 6) is 0.0456. The molecule has 0 saturated heterocycles. The minimum absolute atomic E-state index is 0.0456. The molecule has 0 aliphatic rings. The summed E-state index contributed by atoms with van der Waals surface area (Å²) in [5.41, 5.74) is 2.75. The molecule has 0 aliphatic carbocycles. The highest BCUT2D eigenvalue weighted by atomic mass is 16.5. The summed E-state index contributed by atoms with van der Waals surface area (Å²) in [6, 6.07) is 13.8. The lowest BCUT2D eigenvalue weighted by Gasteiger charge is -2.11. The maximum absolute atomic E-state index is 11.5. The number of methoxy groups -OCH3 is 1. The van der Waals surface area contributed by atoms with Crippen LogP contribution in [0.1, 0.15) is 17.4 Å². The Morgan fingerprint density at radius 3 is 2.47 bits per heavy atom. The lowest BCUT2D eigenvalue weighted by molar-refractivity contribution is 0.0971. The van der Waals surface area contributed by atoms with Gasteiger partial charge in [-0.15, -0.1) is 0 Å². The molecule has 0 unspecified atom stereocenters. The maximum atomic E-state index is 11.5. The van der Waals surface area contributed by atoms with Gasteiger partial charge in [-0.3, -0.25) is 4.79 Å². The first-order valence-electron chi connectivity index (χ1n) is 5.49. The van der Waals surface area contributed by atoms with E-state index in [-0.39, 0.29) is 5.78 Å². The van der Waals surface area contributed by atoms with Crippen LogP contribution in [0.25, 0.3) is 11.3 Å². The van der Waals surface area contributed by atoms with Crippen molar-refractivity contribution in [3.63, 3.8) is 0 Å². The Bertz CT molecular complexity index is 514. The Kier molecular flexibility index (Phi) is 3.40. The lowest BCUT2D eigenvalue weighted by Crippen LogP contribution is -2.09. The molecule has 0 radical (unpaired) electrons. The topological polar surface area (TPSA) is 31.2 Å². The number of Topliss-reactive ketones (excluding diaryl/α,β-unsaturated/α-hetero) is 1. The average molecular weight is 229 g/mol. The molecule has 0 fully saturated rings. The van der Waals surface area contributed by atoms with E-state index in [1.54, 1.807) is 14.0 Å². The molecule has 2 aromatic rings. The first kappa shape index (κ1) is 11.6. The van der Waals surface area contributed by atoms with E-state index >= 15 is 0 Å². The second-order valence-electron chi connectivity index (χ2n) is 3.87. The Hall–Kier alpha value is -1.87. The van der Waals surface area contributed by atoms with Crippen molar-refractivity contribution in [1.29, 1.82) is 0 Å². The third-order valence-corrected chi connectivity index (χ3v) is 2.67. The zero-order valence-corrected chi connectivity index (χ0v) is 10.0. The van der Waals surface area contributed by atoms with Gasteiger partial charge in [0.25, 0.3) is 0 Å². The SMILES string of the molecule is COCn1c(C(C)=O)ccc1-c1ccccc1. The number of benzene rings is 1. The van der Waals surface area contributed by atoms with Gasteiger partial charge in [-0.1, -0.05) is 30.3 Å². The van der Waals surface area contributed by atoms with Crippen LogP contribution in [0.4, 0.5) is 0 Å². The van der Waals surface area contributed by atoms with Gasteiger partial charge in [0, 0.05) is 14.0 Å². The fourth-order valence-corrected chi connectivity index (χ4v) is 1.90. The number of nitrogens with zero attached hydrogens (tertiary/aromatic N) is 1. The van der Waals surface area contributed by atoms with Crippen molar-refractivity contribution >= 4 is 5.78 Å².